The summed E-state index contributed by atoms with van der Waals surface area (Å²) in [6.07, 6.45) is 2.18. The van der Waals surface area contributed by atoms with Crippen molar-refractivity contribution in [1.29, 1.82) is 0 Å². The van der Waals surface area contributed by atoms with Crippen LogP contribution in [0.4, 0.5) is 0 Å². The first-order chi connectivity index (χ1) is 7.64. The second kappa shape index (κ2) is 5.79. The van der Waals surface area contributed by atoms with E-state index in [1.807, 2.05) is 48.5 Å². The topological polar surface area (TPSA) is 34.1 Å². The van der Waals surface area contributed by atoms with Gasteiger partial charge in [0.2, 0.25) is 0 Å². The zero-order chi connectivity index (χ0) is 13.9. The largest absolute Gasteiger partial charge is 0.298 e. The highest BCUT2D eigenvalue weighted by molar-refractivity contribution is 6.06. The lowest BCUT2D eigenvalue weighted by atomic mass is 9.70. The van der Waals surface area contributed by atoms with Crippen LogP contribution in [0.25, 0.3) is 0 Å². The van der Waals surface area contributed by atoms with Crippen molar-refractivity contribution in [2.24, 2.45) is 16.7 Å². The van der Waals surface area contributed by atoms with E-state index in [0.717, 1.165) is 12.8 Å². The maximum Gasteiger partial charge on any atom is 0.148 e. The number of carbonyl (C=O) groups is 2. The molecule has 0 aromatic rings. The molecule has 100 valence electrons. The fourth-order valence-corrected chi connectivity index (χ4v) is 1.78. The summed E-state index contributed by atoms with van der Waals surface area (Å²) in [6.45, 7) is 13.7. The van der Waals surface area contributed by atoms with Gasteiger partial charge in [0.05, 0.1) is 5.92 Å². The van der Waals surface area contributed by atoms with E-state index in [-0.39, 0.29) is 22.4 Å². The molecule has 0 saturated carbocycles. The first-order valence-corrected chi connectivity index (χ1v) is 6.72. The molecule has 0 aliphatic carbocycles. The van der Waals surface area contributed by atoms with Crippen molar-refractivity contribution in [2.45, 2.75) is 67.7 Å². The number of carbonyl (C=O) groups excluding carboxylic acids is 2. The van der Waals surface area contributed by atoms with Crippen LogP contribution in [0.15, 0.2) is 0 Å². The molecule has 0 radical (unpaired) electrons. The lowest BCUT2D eigenvalue weighted by molar-refractivity contribution is -0.142. The van der Waals surface area contributed by atoms with Gasteiger partial charge in [0.15, 0.2) is 0 Å². The molecule has 2 heteroatoms. The maximum atomic E-state index is 12.4. The van der Waals surface area contributed by atoms with Gasteiger partial charge >= 0.3 is 0 Å². The molecule has 0 aromatic heterocycles. The van der Waals surface area contributed by atoms with Gasteiger partial charge in [-0.2, -0.15) is 0 Å². The normalized spacial score (nSPS) is 12.9. The van der Waals surface area contributed by atoms with E-state index in [0.29, 0.717) is 6.42 Å². The Labute approximate surface area is 106 Å². The molecule has 0 heterocycles. The highest BCUT2D eigenvalue weighted by Gasteiger charge is 2.40. The smallest absolute Gasteiger partial charge is 0.148 e. The van der Waals surface area contributed by atoms with Crippen molar-refractivity contribution in [3.63, 3.8) is 0 Å². The van der Waals surface area contributed by atoms with Crippen LogP contribution < -0.4 is 0 Å². The van der Waals surface area contributed by atoms with Crippen LogP contribution in [0, 0.1) is 16.7 Å². The number of hydrogen-bond acceptors (Lipinski definition) is 2. The van der Waals surface area contributed by atoms with Crippen LogP contribution in [0.1, 0.15) is 67.7 Å². The van der Waals surface area contributed by atoms with Crippen LogP contribution in [-0.2, 0) is 9.59 Å². The van der Waals surface area contributed by atoms with Gasteiger partial charge in [-0.15, -0.1) is 0 Å². The zero-order valence-electron chi connectivity index (χ0n) is 12.5. The number of Topliss-reactive ketones (excluding diaryl/α,β-unsaturated/α-hetero) is 2. The molecule has 0 spiro atoms. The minimum atomic E-state index is -0.431. The third-order valence-corrected chi connectivity index (χ3v) is 4.14. The average molecular weight is 240 g/mol. The van der Waals surface area contributed by atoms with E-state index in [1.165, 1.54) is 0 Å². The quantitative estimate of drug-likeness (QED) is 0.630. The fourth-order valence-electron chi connectivity index (χ4n) is 1.78. The first-order valence-electron chi connectivity index (χ1n) is 6.72. The molecule has 0 amide bonds. The number of rotatable bonds is 7. The second-order valence-corrected chi connectivity index (χ2v) is 6.16. The molecule has 2 nitrogen and oxygen atoms in total. The van der Waals surface area contributed by atoms with E-state index < -0.39 is 5.92 Å². The molecule has 0 atom stereocenters. The van der Waals surface area contributed by atoms with Gasteiger partial charge in [-0.1, -0.05) is 48.5 Å². The lowest BCUT2D eigenvalue weighted by Gasteiger charge is -2.31. The van der Waals surface area contributed by atoms with Crippen LogP contribution in [0.3, 0.4) is 0 Å². The van der Waals surface area contributed by atoms with Crippen molar-refractivity contribution in [3.05, 3.63) is 0 Å². The zero-order valence-corrected chi connectivity index (χ0v) is 12.5. The number of hydrogen-bond donors (Lipinski definition) is 0. The Hall–Kier alpha value is -0.660. The van der Waals surface area contributed by atoms with Gasteiger partial charge in [-0.25, -0.2) is 0 Å². The van der Waals surface area contributed by atoms with E-state index in [4.69, 9.17) is 0 Å². The van der Waals surface area contributed by atoms with E-state index in [9.17, 15) is 9.59 Å². The summed E-state index contributed by atoms with van der Waals surface area (Å²) in [5.41, 5.74) is -0.777. The number of ketones is 2. The predicted molar refractivity (Wildman–Crippen MR) is 71.9 cm³/mol. The van der Waals surface area contributed by atoms with Crippen molar-refractivity contribution in [3.8, 4) is 0 Å². The molecule has 0 aliphatic heterocycles. The molecular formula is C15H28O2. The second-order valence-electron chi connectivity index (χ2n) is 6.16. The molecule has 0 bridgehead atoms. The average Bonchev–Trinajstić information content (AvgIpc) is 2.29. The molecule has 0 aromatic carbocycles. The Bertz CT molecular complexity index is 259. The third-order valence-electron chi connectivity index (χ3n) is 4.14. The summed E-state index contributed by atoms with van der Waals surface area (Å²) >= 11 is 0. The first kappa shape index (κ1) is 16.3. The van der Waals surface area contributed by atoms with Gasteiger partial charge in [0.25, 0.3) is 0 Å². The summed E-state index contributed by atoms with van der Waals surface area (Å²) in [6, 6.07) is 0. The van der Waals surface area contributed by atoms with Gasteiger partial charge in [-0.05, 0) is 19.3 Å². The highest BCUT2D eigenvalue weighted by Crippen LogP contribution is 2.33. The van der Waals surface area contributed by atoms with Gasteiger partial charge < -0.3 is 0 Å². The molecule has 17 heavy (non-hydrogen) atoms. The Kier molecular flexibility index (Phi) is 5.57. The van der Waals surface area contributed by atoms with Gasteiger partial charge in [-0.3, -0.25) is 9.59 Å². The third kappa shape index (κ3) is 3.65. The summed E-state index contributed by atoms with van der Waals surface area (Å²) in [5, 5.41) is 0. The van der Waals surface area contributed by atoms with Crippen LogP contribution in [0.2, 0.25) is 0 Å². The Balaban J connectivity index is 5.11. The minimum Gasteiger partial charge on any atom is -0.298 e. The molecule has 0 unspecified atom stereocenters. The SMILES string of the molecule is CCC(C(=O)C(C)(C)CC)C(=O)C(C)(C)CC. The molecule has 0 fully saturated rings. The van der Waals surface area contributed by atoms with Crippen molar-refractivity contribution >= 4 is 11.6 Å². The van der Waals surface area contributed by atoms with E-state index in [1.54, 1.807) is 0 Å². The summed E-state index contributed by atoms with van der Waals surface area (Å²) in [5.74, 6) is -0.219. The molecule has 0 aliphatic rings. The summed E-state index contributed by atoms with van der Waals surface area (Å²) < 4.78 is 0. The highest BCUT2D eigenvalue weighted by atomic mass is 16.2. The van der Waals surface area contributed by atoms with Gasteiger partial charge in [0.1, 0.15) is 11.6 Å². The Morgan fingerprint density at radius 2 is 1.12 bits per heavy atom. The van der Waals surface area contributed by atoms with Crippen molar-refractivity contribution in [2.75, 3.05) is 0 Å². The van der Waals surface area contributed by atoms with E-state index in [2.05, 4.69) is 0 Å². The van der Waals surface area contributed by atoms with E-state index >= 15 is 0 Å². The molecule has 0 saturated heterocycles. The minimum absolute atomic E-state index is 0.106. The molecule has 0 rings (SSSR count). The van der Waals surface area contributed by atoms with Gasteiger partial charge in [0, 0.05) is 10.8 Å². The maximum absolute atomic E-state index is 12.4. The molecule has 0 N–H and O–H groups in total. The van der Waals surface area contributed by atoms with Crippen molar-refractivity contribution < 1.29 is 9.59 Å². The van der Waals surface area contributed by atoms with Crippen LogP contribution in [0.5, 0.6) is 0 Å². The standard InChI is InChI=1S/C15H28O2/c1-8-11(12(16)14(4,5)9-2)13(17)15(6,7)10-3/h11H,8-10H2,1-7H3. The fraction of sp³-hybridized carbons (Fsp3) is 0.867. The Morgan fingerprint density at radius 1 is 0.824 bits per heavy atom. The Morgan fingerprint density at radius 3 is 1.29 bits per heavy atom. The lowest BCUT2D eigenvalue weighted by Crippen LogP contribution is -2.40. The predicted octanol–water partition coefficient (Wildman–Crippen LogP) is 4.02. The monoisotopic (exact) mass is 240 g/mol. The van der Waals surface area contributed by atoms with Crippen LogP contribution >= 0.6 is 0 Å². The summed E-state index contributed by atoms with van der Waals surface area (Å²) in [7, 11) is 0. The van der Waals surface area contributed by atoms with Crippen molar-refractivity contribution in [1.82, 2.24) is 0 Å². The molecular weight excluding hydrogens is 212 g/mol. The van der Waals surface area contributed by atoms with Crippen LogP contribution in [-0.4, -0.2) is 11.6 Å². The summed E-state index contributed by atoms with van der Waals surface area (Å²) in [4.78, 5) is 24.8.